The lowest BCUT2D eigenvalue weighted by atomic mass is 9.91. The quantitative estimate of drug-likeness (QED) is 0.870. The Morgan fingerprint density at radius 2 is 1.70 bits per heavy atom. The van der Waals surface area contributed by atoms with Crippen LogP contribution in [-0.2, 0) is 14.3 Å². The number of carbonyl (C=O) groups excluding carboxylic acids is 2. The highest BCUT2D eigenvalue weighted by Gasteiger charge is 2.24. The van der Waals surface area contributed by atoms with Gasteiger partial charge in [0.15, 0.2) is 0 Å². The van der Waals surface area contributed by atoms with Crippen molar-refractivity contribution in [2.24, 2.45) is 0 Å². The molecule has 1 aromatic rings. The maximum Gasteiger partial charge on any atom is 0.334 e. The summed E-state index contributed by atoms with van der Waals surface area (Å²) in [6, 6.07) is 6.85. The number of amides is 1. The van der Waals surface area contributed by atoms with E-state index in [1.54, 1.807) is 24.3 Å². The summed E-state index contributed by atoms with van der Waals surface area (Å²) in [5, 5.41) is 3.39. The number of anilines is 1. The first kappa shape index (κ1) is 14.6. The molecule has 0 aliphatic heterocycles. The maximum atomic E-state index is 12.3. The smallest absolute Gasteiger partial charge is 0.334 e. The summed E-state index contributed by atoms with van der Waals surface area (Å²) in [5.74, 6) is -0.654. The second-order valence-electron chi connectivity index (χ2n) is 4.62. The number of hydrogen-bond acceptors (Lipinski definition) is 3. The molecular weight excluding hydrogens is 278 g/mol. The second kappa shape index (κ2) is 6.57. The number of carbonyl (C=O) groups is 2. The molecule has 0 bridgehead atoms. The third-order valence-corrected chi connectivity index (χ3v) is 3.53. The Morgan fingerprint density at radius 3 is 2.30 bits per heavy atom. The molecule has 1 amide bonds. The van der Waals surface area contributed by atoms with Crippen molar-refractivity contribution < 1.29 is 14.3 Å². The average molecular weight is 294 g/mol. The van der Waals surface area contributed by atoms with Crippen LogP contribution in [0, 0.1) is 0 Å². The third kappa shape index (κ3) is 3.39. The van der Waals surface area contributed by atoms with Crippen molar-refractivity contribution in [2.75, 3.05) is 12.4 Å². The van der Waals surface area contributed by atoms with E-state index in [1.807, 2.05) is 0 Å². The molecule has 4 nitrogen and oxygen atoms in total. The Bertz CT molecular complexity index is 549. The van der Waals surface area contributed by atoms with E-state index in [2.05, 4.69) is 5.32 Å². The van der Waals surface area contributed by atoms with Gasteiger partial charge >= 0.3 is 5.97 Å². The molecule has 1 aromatic carbocycles. The molecule has 20 heavy (non-hydrogen) atoms. The van der Waals surface area contributed by atoms with Gasteiger partial charge in [-0.05, 0) is 49.9 Å². The molecule has 0 aromatic heterocycles. The van der Waals surface area contributed by atoms with E-state index in [9.17, 15) is 9.59 Å². The summed E-state index contributed by atoms with van der Waals surface area (Å²) in [4.78, 5) is 24.0. The zero-order valence-corrected chi connectivity index (χ0v) is 12.0. The Morgan fingerprint density at radius 1 is 1.10 bits per heavy atom. The number of methoxy groups -OCH3 is 1. The number of rotatable bonds is 3. The number of halogens is 1. The van der Waals surface area contributed by atoms with Crippen LogP contribution >= 0.6 is 11.6 Å². The van der Waals surface area contributed by atoms with Crippen LogP contribution in [0.2, 0.25) is 5.02 Å². The molecule has 0 saturated carbocycles. The van der Waals surface area contributed by atoms with Crippen LogP contribution in [-0.4, -0.2) is 19.0 Å². The first-order chi connectivity index (χ1) is 9.61. The summed E-state index contributed by atoms with van der Waals surface area (Å²) >= 11 is 5.80. The first-order valence-corrected chi connectivity index (χ1v) is 6.87. The third-order valence-electron chi connectivity index (χ3n) is 3.28. The van der Waals surface area contributed by atoms with E-state index >= 15 is 0 Å². The molecule has 1 aliphatic rings. The zero-order chi connectivity index (χ0) is 14.5. The molecule has 0 fully saturated rings. The second-order valence-corrected chi connectivity index (χ2v) is 5.05. The molecular formula is C15H16ClNO3. The van der Waals surface area contributed by atoms with Gasteiger partial charge in [0.2, 0.25) is 0 Å². The Labute approximate surface area is 122 Å². The minimum atomic E-state index is -0.411. The topological polar surface area (TPSA) is 55.4 Å². The van der Waals surface area contributed by atoms with Gasteiger partial charge in [-0.1, -0.05) is 11.6 Å². The standard InChI is InChI=1S/C15H16ClNO3/c1-20-15(19)13-5-3-2-4-12(13)14(18)17-11-8-6-10(16)7-9-11/h6-9H,2-5H2,1H3,(H,17,18). The minimum Gasteiger partial charge on any atom is -0.466 e. The fraction of sp³-hybridized carbons (Fsp3) is 0.333. The van der Waals surface area contributed by atoms with Crippen molar-refractivity contribution >= 4 is 29.2 Å². The summed E-state index contributed by atoms with van der Waals surface area (Å²) in [6.45, 7) is 0. The van der Waals surface area contributed by atoms with E-state index in [4.69, 9.17) is 16.3 Å². The van der Waals surface area contributed by atoms with Gasteiger partial charge in [-0.3, -0.25) is 4.79 Å². The molecule has 0 heterocycles. The summed E-state index contributed by atoms with van der Waals surface area (Å²) in [6.07, 6.45) is 3.01. The normalized spacial score (nSPS) is 14.9. The summed E-state index contributed by atoms with van der Waals surface area (Å²) in [5.41, 5.74) is 1.67. The predicted molar refractivity (Wildman–Crippen MR) is 77.6 cm³/mol. The SMILES string of the molecule is COC(=O)C1=C(C(=O)Nc2ccc(Cl)cc2)CCCC1. The molecule has 106 valence electrons. The van der Waals surface area contributed by atoms with E-state index in [-0.39, 0.29) is 5.91 Å². The number of ether oxygens (including phenoxy) is 1. The summed E-state index contributed by atoms with van der Waals surface area (Å²) < 4.78 is 4.74. The first-order valence-electron chi connectivity index (χ1n) is 6.49. The predicted octanol–water partition coefficient (Wildman–Crippen LogP) is 3.32. The van der Waals surface area contributed by atoms with Gasteiger partial charge in [0, 0.05) is 21.9 Å². The molecule has 0 spiro atoms. The highest BCUT2D eigenvalue weighted by atomic mass is 35.5. The zero-order valence-electron chi connectivity index (χ0n) is 11.2. The Kier molecular flexibility index (Phi) is 4.79. The van der Waals surface area contributed by atoms with Gasteiger partial charge in [-0.2, -0.15) is 0 Å². The van der Waals surface area contributed by atoms with Crippen LogP contribution < -0.4 is 5.32 Å². The molecule has 0 saturated heterocycles. The molecule has 0 atom stereocenters. The molecule has 0 unspecified atom stereocenters. The number of benzene rings is 1. The maximum absolute atomic E-state index is 12.3. The lowest BCUT2D eigenvalue weighted by Gasteiger charge is -2.18. The van der Waals surface area contributed by atoms with Crippen LogP contribution in [0.1, 0.15) is 25.7 Å². The largest absolute Gasteiger partial charge is 0.466 e. The van der Waals surface area contributed by atoms with Crippen LogP contribution in [0.15, 0.2) is 35.4 Å². The molecule has 0 radical (unpaired) electrons. The molecule has 1 aliphatic carbocycles. The monoisotopic (exact) mass is 293 g/mol. The van der Waals surface area contributed by atoms with Crippen molar-refractivity contribution in [3.63, 3.8) is 0 Å². The van der Waals surface area contributed by atoms with Crippen molar-refractivity contribution in [2.45, 2.75) is 25.7 Å². The average Bonchev–Trinajstić information content (AvgIpc) is 2.48. The lowest BCUT2D eigenvalue weighted by Crippen LogP contribution is -2.21. The van der Waals surface area contributed by atoms with Crippen LogP contribution in [0.25, 0.3) is 0 Å². The van der Waals surface area contributed by atoms with Crippen LogP contribution in [0.5, 0.6) is 0 Å². The van der Waals surface area contributed by atoms with Gasteiger partial charge < -0.3 is 10.1 Å². The van der Waals surface area contributed by atoms with E-state index < -0.39 is 5.97 Å². The van der Waals surface area contributed by atoms with Crippen molar-refractivity contribution in [1.82, 2.24) is 0 Å². The van der Waals surface area contributed by atoms with Crippen molar-refractivity contribution in [1.29, 1.82) is 0 Å². The van der Waals surface area contributed by atoms with Crippen LogP contribution in [0.3, 0.4) is 0 Å². The van der Waals surface area contributed by atoms with Gasteiger partial charge in [0.25, 0.3) is 5.91 Å². The fourth-order valence-corrected chi connectivity index (χ4v) is 2.37. The van der Waals surface area contributed by atoms with E-state index in [0.717, 1.165) is 12.8 Å². The van der Waals surface area contributed by atoms with Gasteiger partial charge in [-0.25, -0.2) is 4.79 Å². The Balaban J connectivity index is 2.19. The van der Waals surface area contributed by atoms with E-state index in [1.165, 1.54) is 7.11 Å². The van der Waals surface area contributed by atoms with Gasteiger partial charge in [0.1, 0.15) is 0 Å². The number of esters is 1. The minimum absolute atomic E-state index is 0.243. The Hall–Kier alpha value is -1.81. The van der Waals surface area contributed by atoms with Crippen molar-refractivity contribution in [3.05, 3.63) is 40.4 Å². The van der Waals surface area contributed by atoms with Crippen LogP contribution in [0.4, 0.5) is 5.69 Å². The molecule has 1 N–H and O–H groups in total. The molecule has 5 heteroatoms. The highest BCUT2D eigenvalue weighted by Crippen LogP contribution is 2.27. The number of hydrogen-bond donors (Lipinski definition) is 1. The molecule has 2 rings (SSSR count). The van der Waals surface area contributed by atoms with E-state index in [0.29, 0.717) is 34.7 Å². The highest BCUT2D eigenvalue weighted by molar-refractivity contribution is 6.30. The number of nitrogens with one attached hydrogen (secondary N) is 1. The fourth-order valence-electron chi connectivity index (χ4n) is 2.24. The lowest BCUT2D eigenvalue weighted by molar-refractivity contribution is -0.136. The van der Waals surface area contributed by atoms with Gasteiger partial charge in [0.05, 0.1) is 7.11 Å². The summed E-state index contributed by atoms with van der Waals surface area (Å²) in [7, 11) is 1.33. The van der Waals surface area contributed by atoms with Crippen molar-refractivity contribution in [3.8, 4) is 0 Å². The van der Waals surface area contributed by atoms with Gasteiger partial charge in [-0.15, -0.1) is 0 Å².